The molecule has 1 aromatic rings. The lowest BCUT2D eigenvalue weighted by atomic mass is 10.2. The van der Waals surface area contributed by atoms with Crippen LogP contribution in [0.2, 0.25) is 0 Å². The van der Waals surface area contributed by atoms with E-state index in [1.165, 1.54) is 17.4 Å². The third-order valence-corrected chi connectivity index (χ3v) is 3.24. The van der Waals surface area contributed by atoms with Crippen LogP contribution in [-0.4, -0.2) is 36.2 Å². The van der Waals surface area contributed by atoms with Crippen LogP contribution < -0.4 is 10.6 Å². The number of amides is 2. The number of nitrogens with one attached hydrogen (secondary N) is 2. The molecule has 150 valence electrons. The number of methoxy groups -OCH3 is 1. The largest absolute Gasteiger partial charge is 0.464 e. The second-order valence-corrected chi connectivity index (χ2v) is 5.51. The van der Waals surface area contributed by atoms with Crippen molar-refractivity contribution in [1.29, 1.82) is 0 Å². The van der Waals surface area contributed by atoms with Gasteiger partial charge in [0.2, 0.25) is 0 Å². The van der Waals surface area contributed by atoms with E-state index >= 15 is 0 Å². The summed E-state index contributed by atoms with van der Waals surface area (Å²) in [4.78, 5) is 28.1. The van der Waals surface area contributed by atoms with Gasteiger partial charge in [-0.1, -0.05) is 29.7 Å². The third-order valence-electron chi connectivity index (χ3n) is 2.98. The van der Waals surface area contributed by atoms with Crippen molar-refractivity contribution in [2.75, 3.05) is 12.4 Å². The van der Waals surface area contributed by atoms with Gasteiger partial charge in [0.25, 0.3) is 0 Å². The van der Waals surface area contributed by atoms with Crippen molar-refractivity contribution in [3.8, 4) is 0 Å². The minimum atomic E-state index is -5.47. The Labute approximate surface area is 156 Å². The zero-order valence-electron chi connectivity index (χ0n) is 14.2. The molecule has 1 aromatic carbocycles. The van der Waals surface area contributed by atoms with Gasteiger partial charge in [-0.3, -0.25) is 5.32 Å². The van der Waals surface area contributed by atoms with Crippen molar-refractivity contribution >= 4 is 34.5 Å². The van der Waals surface area contributed by atoms with E-state index in [9.17, 15) is 27.2 Å². The summed E-state index contributed by atoms with van der Waals surface area (Å²) in [6.07, 6.45) is -4.95. The molecule has 7 nitrogen and oxygen atoms in total. The lowest BCUT2D eigenvalue weighted by Gasteiger charge is -2.30. The van der Waals surface area contributed by atoms with Gasteiger partial charge in [0.15, 0.2) is 0 Å². The van der Waals surface area contributed by atoms with E-state index in [0.29, 0.717) is 13.5 Å². The van der Waals surface area contributed by atoms with Crippen molar-refractivity contribution in [2.45, 2.75) is 31.7 Å². The monoisotopic (exact) mass is 413 g/mol. The quantitative estimate of drug-likeness (QED) is 0.234. The summed E-state index contributed by atoms with van der Waals surface area (Å²) in [7, 11) is 0.662. The Morgan fingerprint density at radius 3 is 2.48 bits per heavy atom. The zero-order chi connectivity index (χ0) is 20.7. The van der Waals surface area contributed by atoms with E-state index in [-0.39, 0.29) is 17.3 Å². The Morgan fingerprint density at radius 2 is 1.96 bits per heavy atom. The molecule has 0 aliphatic heterocycles. The van der Waals surface area contributed by atoms with Crippen LogP contribution in [0.5, 0.6) is 0 Å². The summed E-state index contributed by atoms with van der Waals surface area (Å²) < 4.78 is 57.9. The number of hydrogen-bond acceptors (Lipinski definition) is 5. The number of benzene rings is 1. The lowest BCUT2D eigenvalue weighted by Crippen LogP contribution is -2.66. The van der Waals surface area contributed by atoms with E-state index in [4.69, 9.17) is 11.6 Å². The maximum Gasteiger partial charge on any atom is 0.463 e. The first-order chi connectivity index (χ1) is 12.6. The minimum Gasteiger partial charge on any atom is -0.464 e. The van der Waals surface area contributed by atoms with Gasteiger partial charge < -0.3 is 14.9 Å². The number of halogens is 5. The maximum atomic E-state index is 13.6. The number of ether oxygens (including phenoxy) is 1. The number of esters is 1. The average Bonchev–Trinajstić information content (AvgIpc) is 2.57. The van der Waals surface area contributed by atoms with E-state index < -0.39 is 29.7 Å². The summed E-state index contributed by atoms with van der Waals surface area (Å²) >= 11 is 5.60. The molecule has 0 heterocycles. The van der Waals surface area contributed by atoms with Gasteiger partial charge in [-0.15, -0.1) is 0 Å². The van der Waals surface area contributed by atoms with Gasteiger partial charge in [-0.2, -0.15) is 13.2 Å². The number of carbonyl (C=O) groups is 2. The summed E-state index contributed by atoms with van der Waals surface area (Å²) in [5, 5.41) is 5.97. The fraction of sp³-hybridized carbons (Fsp3) is 0.400. The van der Waals surface area contributed by atoms with Crippen LogP contribution in [0, 0.1) is 5.82 Å². The number of oxime groups is 1. The number of hydrogen-bond donors (Lipinski definition) is 2. The first-order valence-corrected chi connectivity index (χ1v) is 7.84. The van der Waals surface area contributed by atoms with Crippen LogP contribution in [0.3, 0.4) is 0 Å². The molecule has 2 amide bonds. The third kappa shape index (κ3) is 5.98. The highest BCUT2D eigenvalue weighted by molar-refractivity contribution is 6.65. The lowest BCUT2D eigenvalue weighted by molar-refractivity contribution is -0.283. The van der Waals surface area contributed by atoms with E-state index in [1.807, 2.05) is 5.32 Å². The van der Waals surface area contributed by atoms with Crippen LogP contribution in [0.15, 0.2) is 29.4 Å². The van der Waals surface area contributed by atoms with Crippen LogP contribution in [-0.2, 0) is 14.4 Å². The Morgan fingerprint density at radius 1 is 1.30 bits per heavy atom. The molecule has 0 saturated heterocycles. The van der Waals surface area contributed by atoms with Gasteiger partial charge in [0.1, 0.15) is 11.0 Å². The van der Waals surface area contributed by atoms with Crippen LogP contribution in [0.1, 0.15) is 19.8 Å². The van der Waals surface area contributed by atoms with E-state index in [0.717, 1.165) is 12.1 Å². The van der Waals surface area contributed by atoms with Crippen molar-refractivity contribution in [3.63, 3.8) is 0 Å². The molecule has 0 radical (unpaired) electrons. The van der Waals surface area contributed by atoms with Crippen molar-refractivity contribution in [3.05, 3.63) is 30.1 Å². The molecular weight excluding hydrogens is 398 g/mol. The molecule has 12 heteroatoms. The summed E-state index contributed by atoms with van der Waals surface area (Å²) in [5.74, 6) is -2.73. The zero-order valence-corrected chi connectivity index (χ0v) is 14.9. The molecule has 1 atom stereocenters. The number of carbonyl (C=O) groups excluding carboxylic acids is 2. The average molecular weight is 414 g/mol. The molecule has 0 aliphatic rings. The van der Waals surface area contributed by atoms with Crippen LogP contribution in [0.4, 0.5) is 28.0 Å². The van der Waals surface area contributed by atoms with Gasteiger partial charge in [-0.25, -0.2) is 14.0 Å². The van der Waals surface area contributed by atoms with E-state index in [2.05, 4.69) is 14.7 Å². The smallest absolute Gasteiger partial charge is 0.463 e. The van der Waals surface area contributed by atoms with Gasteiger partial charge in [0.05, 0.1) is 7.11 Å². The number of anilines is 1. The minimum absolute atomic E-state index is 0.0755. The standard InChI is InChI=1S/C15H16ClF4N3O4/c1-3-5-11(16)23-27-14(12(24)26-2,15(18,19)20)22-13(25)21-10-7-4-6-9(17)8-10/h4,6-8H,3,5H2,1-2H3,(H2,21,22,25)/b23-11-/t14-/m1/s1. The number of urea groups is 1. The maximum absolute atomic E-state index is 13.6. The number of alkyl halides is 3. The second kappa shape index (κ2) is 9.40. The van der Waals surface area contributed by atoms with Crippen LogP contribution >= 0.6 is 11.6 Å². The number of rotatable bonds is 7. The topological polar surface area (TPSA) is 89.0 Å². The van der Waals surface area contributed by atoms with Gasteiger partial charge in [0, 0.05) is 12.1 Å². The molecular formula is C15H16ClF4N3O4. The molecule has 0 fully saturated rings. The molecule has 0 aliphatic carbocycles. The molecule has 0 unspecified atom stereocenters. The van der Waals surface area contributed by atoms with Crippen LogP contribution in [0.25, 0.3) is 0 Å². The van der Waals surface area contributed by atoms with Crippen molar-refractivity contribution in [1.82, 2.24) is 5.32 Å². The first kappa shape index (κ1) is 22.5. The number of nitrogens with zero attached hydrogens (tertiary/aromatic N) is 1. The molecule has 1 rings (SSSR count). The van der Waals surface area contributed by atoms with Crippen molar-refractivity contribution < 1.29 is 36.7 Å². The predicted molar refractivity (Wildman–Crippen MR) is 88.6 cm³/mol. The Kier molecular flexibility index (Phi) is 7.82. The molecule has 0 spiro atoms. The molecule has 27 heavy (non-hydrogen) atoms. The molecule has 2 N–H and O–H groups in total. The highest BCUT2D eigenvalue weighted by Crippen LogP contribution is 2.33. The highest BCUT2D eigenvalue weighted by Gasteiger charge is 2.67. The summed E-state index contributed by atoms with van der Waals surface area (Å²) in [6, 6.07) is 2.82. The predicted octanol–water partition coefficient (Wildman–Crippen LogP) is 3.75. The van der Waals surface area contributed by atoms with Crippen molar-refractivity contribution in [2.24, 2.45) is 5.16 Å². The fourth-order valence-electron chi connectivity index (χ4n) is 1.75. The van der Waals surface area contributed by atoms with Gasteiger partial charge in [-0.05, 0) is 24.6 Å². The second-order valence-electron chi connectivity index (χ2n) is 5.07. The molecule has 0 bridgehead atoms. The SMILES string of the molecule is CCC/C(Cl)=N/O[C@](NC(=O)Nc1cccc(F)c1)(C(=O)OC)C(F)(F)F. The highest BCUT2D eigenvalue weighted by atomic mass is 35.5. The summed E-state index contributed by atoms with van der Waals surface area (Å²) in [6.45, 7) is 1.68. The fourth-order valence-corrected chi connectivity index (χ4v) is 1.98. The first-order valence-electron chi connectivity index (χ1n) is 7.46. The normalized spacial score (nSPS) is 14.1. The Bertz CT molecular complexity index is 715. The van der Waals surface area contributed by atoms with E-state index in [1.54, 1.807) is 6.92 Å². The Hall–Kier alpha value is -2.56. The Balaban J connectivity index is 3.17. The summed E-state index contributed by atoms with van der Waals surface area (Å²) in [5.41, 5.74) is -4.13. The van der Waals surface area contributed by atoms with Gasteiger partial charge >= 0.3 is 23.9 Å². The molecule has 0 saturated carbocycles. The molecule has 0 aromatic heterocycles.